The highest BCUT2D eigenvalue weighted by atomic mass is 16.2. The number of amides is 1. The number of aryl methyl sites for hydroxylation is 1. The fourth-order valence-corrected chi connectivity index (χ4v) is 2.21. The quantitative estimate of drug-likeness (QED) is 0.907. The Balaban J connectivity index is 2.18. The van der Waals surface area contributed by atoms with Crippen molar-refractivity contribution in [3.8, 4) is 0 Å². The van der Waals surface area contributed by atoms with Gasteiger partial charge in [-0.3, -0.25) is 14.9 Å². The minimum absolute atomic E-state index is 0.0804. The molecule has 0 radical (unpaired) electrons. The fraction of sp³-hybridized carbons (Fsp3) is 0.438. The van der Waals surface area contributed by atoms with Gasteiger partial charge >= 0.3 is 0 Å². The number of H-pyrrole nitrogens is 1. The van der Waals surface area contributed by atoms with Crippen molar-refractivity contribution in [3.05, 3.63) is 47.5 Å². The molecule has 5 nitrogen and oxygen atoms in total. The van der Waals surface area contributed by atoms with Crippen LogP contribution >= 0.6 is 0 Å². The lowest BCUT2D eigenvalue weighted by atomic mass is 9.86. The zero-order valence-electron chi connectivity index (χ0n) is 13.0. The zero-order valence-corrected chi connectivity index (χ0v) is 13.0. The minimum atomic E-state index is -0.169. The minimum Gasteiger partial charge on any atom is -0.344 e. The Bertz CT molecular complexity index is 598. The highest BCUT2D eigenvalue weighted by Gasteiger charge is 2.23. The van der Waals surface area contributed by atoms with Crippen molar-refractivity contribution in [1.82, 2.24) is 20.5 Å². The van der Waals surface area contributed by atoms with Crippen LogP contribution < -0.4 is 5.32 Å². The molecule has 0 saturated heterocycles. The molecule has 112 valence electrons. The lowest BCUT2D eigenvalue weighted by Crippen LogP contribution is -2.31. The predicted molar refractivity (Wildman–Crippen MR) is 81.8 cm³/mol. The van der Waals surface area contributed by atoms with Crippen LogP contribution in [0.25, 0.3) is 0 Å². The summed E-state index contributed by atoms with van der Waals surface area (Å²) >= 11 is 0. The summed E-state index contributed by atoms with van der Waals surface area (Å²) in [6.45, 7) is 8.33. The van der Waals surface area contributed by atoms with E-state index in [0.717, 1.165) is 17.7 Å². The molecular formula is C16H22N4O. The Hall–Kier alpha value is -2.17. The van der Waals surface area contributed by atoms with E-state index >= 15 is 0 Å². The van der Waals surface area contributed by atoms with E-state index in [2.05, 4.69) is 41.3 Å². The second-order valence-corrected chi connectivity index (χ2v) is 6.51. The molecule has 0 bridgehead atoms. The normalized spacial score (nSPS) is 13.0. The summed E-state index contributed by atoms with van der Waals surface area (Å²) in [6, 6.07) is 5.53. The molecule has 2 N–H and O–H groups in total. The number of nitrogens with zero attached hydrogens (tertiary/aromatic N) is 2. The first-order valence-electron chi connectivity index (χ1n) is 7.08. The molecule has 5 heteroatoms. The molecule has 0 fully saturated rings. The molecular weight excluding hydrogens is 264 g/mol. The second-order valence-electron chi connectivity index (χ2n) is 6.51. The molecule has 21 heavy (non-hydrogen) atoms. The van der Waals surface area contributed by atoms with Gasteiger partial charge in [-0.1, -0.05) is 26.8 Å². The van der Waals surface area contributed by atoms with Gasteiger partial charge in [-0.15, -0.1) is 0 Å². The maximum absolute atomic E-state index is 12.3. The average Bonchev–Trinajstić information content (AvgIpc) is 2.84. The van der Waals surface area contributed by atoms with Crippen LogP contribution in [-0.4, -0.2) is 21.1 Å². The van der Waals surface area contributed by atoms with E-state index in [0.29, 0.717) is 5.69 Å². The Labute approximate surface area is 125 Å². The number of nitrogens with one attached hydrogen (secondary N) is 2. The Morgan fingerprint density at radius 3 is 2.71 bits per heavy atom. The first-order chi connectivity index (χ1) is 9.85. The van der Waals surface area contributed by atoms with Crippen molar-refractivity contribution >= 4 is 5.91 Å². The predicted octanol–water partition coefficient (Wildman–Crippen LogP) is 3.02. The standard InChI is InChI=1S/C16H22N4O/c1-11-8-13(20-19-11)15(21)18-14(9-16(2,3)4)12-6-5-7-17-10-12/h5-8,10,14H,9H2,1-4H3,(H,18,21)(H,19,20). The second kappa shape index (κ2) is 6.08. The van der Waals surface area contributed by atoms with Gasteiger partial charge in [0.15, 0.2) is 0 Å². The smallest absolute Gasteiger partial charge is 0.272 e. The number of pyridine rings is 1. The van der Waals surface area contributed by atoms with E-state index in [9.17, 15) is 4.79 Å². The van der Waals surface area contributed by atoms with Crippen LogP contribution in [0.5, 0.6) is 0 Å². The number of hydrogen-bond acceptors (Lipinski definition) is 3. The molecule has 2 aromatic heterocycles. The molecule has 0 saturated carbocycles. The average molecular weight is 286 g/mol. The first-order valence-corrected chi connectivity index (χ1v) is 7.08. The number of rotatable bonds is 4. The molecule has 0 aliphatic rings. The Morgan fingerprint density at radius 1 is 1.43 bits per heavy atom. The molecule has 0 aliphatic carbocycles. The molecule has 1 atom stereocenters. The highest BCUT2D eigenvalue weighted by Crippen LogP contribution is 2.29. The maximum atomic E-state index is 12.3. The van der Waals surface area contributed by atoms with Crippen LogP contribution in [0.1, 0.15) is 55.0 Å². The van der Waals surface area contributed by atoms with Crippen molar-refractivity contribution in [3.63, 3.8) is 0 Å². The third kappa shape index (κ3) is 4.41. The number of carbonyl (C=O) groups excluding carboxylic acids is 1. The van der Waals surface area contributed by atoms with Crippen molar-refractivity contribution < 1.29 is 4.79 Å². The summed E-state index contributed by atoms with van der Waals surface area (Å²) in [7, 11) is 0. The molecule has 0 aromatic carbocycles. The molecule has 1 amide bonds. The van der Waals surface area contributed by atoms with E-state index in [1.807, 2.05) is 19.1 Å². The SMILES string of the molecule is Cc1cc(C(=O)NC(CC(C)(C)C)c2cccnc2)n[nH]1. The summed E-state index contributed by atoms with van der Waals surface area (Å²) in [6.07, 6.45) is 4.36. The lowest BCUT2D eigenvalue weighted by Gasteiger charge is -2.26. The van der Waals surface area contributed by atoms with Gasteiger partial charge in [0.2, 0.25) is 0 Å². The van der Waals surface area contributed by atoms with Crippen molar-refractivity contribution in [1.29, 1.82) is 0 Å². The summed E-state index contributed by atoms with van der Waals surface area (Å²) < 4.78 is 0. The molecule has 0 aliphatic heterocycles. The maximum Gasteiger partial charge on any atom is 0.272 e. The number of hydrogen-bond donors (Lipinski definition) is 2. The van der Waals surface area contributed by atoms with Crippen LogP contribution in [-0.2, 0) is 0 Å². The van der Waals surface area contributed by atoms with E-state index in [1.54, 1.807) is 18.5 Å². The fourth-order valence-electron chi connectivity index (χ4n) is 2.21. The lowest BCUT2D eigenvalue weighted by molar-refractivity contribution is 0.0921. The van der Waals surface area contributed by atoms with E-state index in [-0.39, 0.29) is 17.4 Å². The third-order valence-corrected chi connectivity index (χ3v) is 3.15. The van der Waals surface area contributed by atoms with E-state index in [1.165, 1.54) is 0 Å². The van der Waals surface area contributed by atoms with Gasteiger partial charge in [0, 0.05) is 18.1 Å². The van der Waals surface area contributed by atoms with Gasteiger partial charge in [0.05, 0.1) is 6.04 Å². The van der Waals surface area contributed by atoms with Crippen molar-refractivity contribution in [2.45, 2.75) is 40.2 Å². The van der Waals surface area contributed by atoms with Gasteiger partial charge < -0.3 is 5.32 Å². The number of carbonyl (C=O) groups is 1. The molecule has 2 rings (SSSR count). The van der Waals surface area contributed by atoms with E-state index in [4.69, 9.17) is 0 Å². The molecule has 2 heterocycles. The monoisotopic (exact) mass is 286 g/mol. The van der Waals surface area contributed by atoms with Crippen molar-refractivity contribution in [2.75, 3.05) is 0 Å². The summed E-state index contributed by atoms with van der Waals surface area (Å²) in [5, 5.41) is 9.85. The topological polar surface area (TPSA) is 70.7 Å². The third-order valence-electron chi connectivity index (χ3n) is 3.15. The molecule has 0 spiro atoms. The van der Waals surface area contributed by atoms with Crippen LogP contribution in [0.2, 0.25) is 0 Å². The van der Waals surface area contributed by atoms with Crippen LogP contribution in [0.4, 0.5) is 0 Å². The Morgan fingerprint density at radius 2 is 2.19 bits per heavy atom. The number of aromatic amines is 1. The highest BCUT2D eigenvalue weighted by molar-refractivity contribution is 5.92. The van der Waals surface area contributed by atoms with Gasteiger partial charge in [-0.2, -0.15) is 5.10 Å². The molecule has 2 aromatic rings. The molecule has 1 unspecified atom stereocenters. The number of aromatic nitrogens is 3. The van der Waals surface area contributed by atoms with Crippen LogP contribution in [0.15, 0.2) is 30.6 Å². The van der Waals surface area contributed by atoms with Gasteiger partial charge in [-0.25, -0.2) is 0 Å². The largest absolute Gasteiger partial charge is 0.344 e. The summed E-state index contributed by atoms with van der Waals surface area (Å²) in [4.78, 5) is 16.5. The van der Waals surface area contributed by atoms with Crippen LogP contribution in [0, 0.1) is 12.3 Å². The zero-order chi connectivity index (χ0) is 15.5. The van der Waals surface area contributed by atoms with Gasteiger partial charge in [0.1, 0.15) is 5.69 Å². The van der Waals surface area contributed by atoms with Crippen LogP contribution in [0.3, 0.4) is 0 Å². The first kappa shape index (κ1) is 15.2. The van der Waals surface area contributed by atoms with E-state index < -0.39 is 0 Å². The Kier molecular flexibility index (Phi) is 4.40. The summed E-state index contributed by atoms with van der Waals surface area (Å²) in [5.41, 5.74) is 2.38. The van der Waals surface area contributed by atoms with Gasteiger partial charge in [-0.05, 0) is 36.5 Å². The van der Waals surface area contributed by atoms with Gasteiger partial charge in [0.25, 0.3) is 5.91 Å². The summed E-state index contributed by atoms with van der Waals surface area (Å²) in [5.74, 6) is -0.169. The van der Waals surface area contributed by atoms with Crippen molar-refractivity contribution in [2.24, 2.45) is 5.41 Å².